The highest BCUT2D eigenvalue weighted by Gasteiger charge is 2.36. The fourth-order valence-corrected chi connectivity index (χ4v) is 2.60. The predicted molar refractivity (Wildman–Crippen MR) is 98.0 cm³/mol. The van der Waals surface area contributed by atoms with Gasteiger partial charge >= 0.3 is 0 Å². The van der Waals surface area contributed by atoms with E-state index in [0.717, 1.165) is 19.6 Å². The first-order valence-electron chi connectivity index (χ1n) is 8.13. The van der Waals surface area contributed by atoms with E-state index in [1.807, 2.05) is 25.3 Å². The van der Waals surface area contributed by atoms with Crippen LogP contribution in [0.3, 0.4) is 0 Å². The zero-order chi connectivity index (χ0) is 16.5. The molecular weight excluding hydrogens is 276 g/mol. The monoisotopic (exact) mass is 312 g/mol. The molecule has 124 valence electrons. The molecule has 0 aromatic rings. The Morgan fingerprint density at radius 2 is 1.86 bits per heavy atom. The lowest BCUT2D eigenvalue weighted by molar-refractivity contribution is 0.277. The molecule has 1 N–H and O–H groups in total. The van der Waals surface area contributed by atoms with E-state index >= 15 is 0 Å². The van der Waals surface area contributed by atoms with Gasteiger partial charge in [-0.05, 0) is 57.9 Å². The molecule has 0 fully saturated rings. The van der Waals surface area contributed by atoms with E-state index in [0.29, 0.717) is 17.1 Å². The van der Waals surface area contributed by atoms with Crippen molar-refractivity contribution in [1.29, 1.82) is 0 Å². The van der Waals surface area contributed by atoms with Crippen LogP contribution < -0.4 is 5.32 Å². The van der Waals surface area contributed by atoms with Crippen LogP contribution >= 0.6 is 0 Å². The summed E-state index contributed by atoms with van der Waals surface area (Å²) in [4.78, 5) is 4.49. The summed E-state index contributed by atoms with van der Waals surface area (Å²) in [5.74, 6) is 0. The van der Waals surface area contributed by atoms with Crippen LogP contribution in [0.25, 0.3) is 0 Å². The molecule has 21 heavy (non-hydrogen) atoms. The Morgan fingerprint density at radius 3 is 2.38 bits per heavy atom. The molecule has 3 nitrogen and oxygen atoms in total. The summed E-state index contributed by atoms with van der Waals surface area (Å²) in [5.41, 5.74) is 0. The van der Waals surface area contributed by atoms with Crippen LogP contribution in [-0.2, 0) is 4.43 Å². The first kappa shape index (κ1) is 20.5. The van der Waals surface area contributed by atoms with E-state index in [2.05, 4.69) is 58.0 Å². The molecule has 0 rings (SSSR count). The van der Waals surface area contributed by atoms with Crippen LogP contribution in [-0.4, -0.2) is 39.8 Å². The zero-order valence-electron chi connectivity index (χ0n) is 15.4. The maximum Gasteiger partial charge on any atom is 0.191 e. The average Bonchev–Trinajstić information content (AvgIpc) is 2.36. The quantitative estimate of drug-likeness (QED) is 0.388. The van der Waals surface area contributed by atoms with Crippen molar-refractivity contribution in [3.05, 3.63) is 12.2 Å². The summed E-state index contributed by atoms with van der Waals surface area (Å²) < 4.78 is 6.18. The zero-order valence-corrected chi connectivity index (χ0v) is 16.4. The molecule has 0 radical (unpaired) electrons. The Balaban J connectivity index is 3.91. The van der Waals surface area contributed by atoms with Gasteiger partial charge in [-0.2, -0.15) is 0 Å². The van der Waals surface area contributed by atoms with E-state index in [1.54, 1.807) is 0 Å². The lowest BCUT2D eigenvalue weighted by Crippen LogP contribution is -2.41. The third-order valence-corrected chi connectivity index (χ3v) is 8.92. The van der Waals surface area contributed by atoms with Gasteiger partial charge in [0.2, 0.25) is 0 Å². The molecule has 0 heterocycles. The van der Waals surface area contributed by atoms with Gasteiger partial charge in [0.15, 0.2) is 8.32 Å². The van der Waals surface area contributed by atoms with Gasteiger partial charge < -0.3 is 9.74 Å². The van der Waals surface area contributed by atoms with E-state index in [9.17, 15) is 0 Å². The highest BCUT2D eigenvalue weighted by molar-refractivity contribution is 6.74. The van der Waals surface area contributed by atoms with Crippen molar-refractivity contribution in [2.45, 2.75) is 78.2 Å². The number of rotatable bonds is 9. The van der Waals surface area contributed by atoms with E-state index < -0.39 is 8.32 Å². The van der Waals surface area contributed by atoms with Gasteiger partial charge in [0, 0.05) is 18.9 Å². The standard InChI is InChI=1S/C17H36N2OSi/c1-9-10-12-18-15(2)16(3)19-13-11-14-20-21(7,8)17(4,5)6/h9-10,12,15-16,19H,11,13-14H2,1-8H3/b10-9-,18-12-/t15-,16?/m0/s1. The normalized spacial score (nSPS) is 16.8. The second-order valence-corrected chi connectivity index (χ2v) is 12.1. The fourth-order valence-electron chi connectivity index (χ4n) is 1.52. The number of nitrogens with one attached hydrogen (secondary N) is 1. The van der Waals surface area contributed by atoms with Crippen LogP contribution in [0.2, 0.25) is 18.1 Å². The first-order chi connectivity index (χ1) is 9.62. The maximum atomic E-state index is 6.18. The number of aliphatic imine (C=N–C) groups is 1. The van der Waals surface area contributed by atoms with E-state index in [1.165, 1.54) is 0 Å². The Labute approximate surface area is 133 Å². The average molecular weight is 313 g/mol. The minimum Gasteiger partial charge on any atom is -0.417 e. The second-order valence-electron chi connectivity index (χ2n) is 7.27. The number of hydrogen-bond donors (Lipinski definition) is 1. The van der Waals surface area contributed by atoms with Crippen LogP contribution in [0.4, 0.5) is 0 Å². The van der Waals surface area contributed by atoms with Gasteiger partial charge in [0.1, 0.15) is 0 Å². The summed E-state index contributed by atoms with van der Waals surface area (Å²) in [5, 5.41) is 3.83. The third-order valence-electron chi connectivity index (χ3n) is 4.38. The Kier molecular flexibility index (Phi) is 9.34. The number of nitrogens with zero attached hydrogens (tertiary/aromatic N) is 1. The summed E-state index contributed by atoms with van der Waals surface area (Å²) in [7, 11) is -1.58. The van der Waals surface area contributed by atoms with Crippen LogP contribution in [0.15, 0.2) is 17.1 Å². The summed E-state index contributed by atoms with van der Waals surface area (Å²) in [6, 6.07) is 0.682. The summed E-state index contributed by atoms with van der Waals surface area (Å²) in [6.07, 6.45) is 6.90. The third kappa shape index (κ3) is 8.54. The van der Waals surface area contributed by atoms with Crippen LogP contribution in [0.5, 0.6) is 0 Å². The second kappa shape index (κ2) is 9.54. The van der Waals surface area contributed by atoms with Gasteiger partial charge in [-0.15, -0.1) is 0 Å². The van der Waals surface area contributed by atoms with E-state index in [4.69, 9.17) is 4.43 Å². The van der Waals surface area contributed by atoms with Crippen molar-refractivity contribution in [3.63, 3.8) is 0 Å². The van der Waals surface area contributed by atoms with Gasteiger partial charge in [-0.3, -0.25) is 4.99 Å². The molecule has 0 bridgehead atoms. The van der Waals surface area contributed by atoms with Gasteiger partial charge in [-0.1, -0.05) is 26.8 Å². The predicted octanol–water partition coefficient (Wildman–Crippen LogP) is 4.41. The SMILES string of the molecule is C/C=C\C=N/[C@@H](C)C(C)NCCCO[Si](C)(C)C(C)(C)C. The van der Waals surface area contributed by atoms with Gasteiger partial charge in [0.05, 0.1) is 6.04 Å². The molecule has 0 aliphatic rings. The minimum absolute atomic E-state index is 0.294. The Hall–Kier alpha value is -0.453. The highest BCUT2D eigenvalue weighted by atomic mass is 28.4. The van der Waals surface area contributed by atoms with Crippen molar-refractivity contribution >= 4 is 14.5 Å². The molecule has 2 atom stereocenters. The summed E-state index contributed by atoms with van der Waals surface area (Å²) in [6.45, 7) is 19.6. The lowest BCUT2D eigenvalue weighted by Gasteiger charge is -2.36. The molecule has 0 aliphatic heterocycles. The molecule has 0 saturated carbocycles. The maximum absolute atomic E-state index is 6.18. The van der Waals surface area contributed by atoms with Crippen molar-refractivity contribution in [3.8, 4) is 0 Å². The van der Waals surface area contributed by atoms with Crippen molar-refractivity contribution in [2.24, 2.45) is 4.99 Å². The molecule has 1 unspecified atom stereocenters. The number of allylic oxidation sites excluding steroid dienone is 2. The Morgan fingerprint density at radius 1 is 1.24 bits per heavy atom. The summed E-state index contributed by atoms with van der Waals surface area (Å²) >= 11 is 0. The first-order valence-corrected chi connectivity index (χ1v) is 11.0. The lowest BCUT2D eigenvalue weighted by atomic mass is 10.2. The highest BCUT2D eigenvalue weighted by Crippen LogP contribution is 2.36. The molecule has 4 heteroatoms. The molecular formula is C17H36N2OSi. The smallest absolute Gasteiger partial charge is 0.191 e. The topological polar surface area (TPSA) is 33.6 Å². The largest absolute Gasteiger partial charge is 0.417 e. The van der Waals surface area contributed by atoms with Crippen molar-refractivity contribution < 1.29 is 4.43 Å². The minimum atomic E-state index is -1.58. The van der Waals surface area contributed by atoms with Crippen LogP contribution in [0.1, 0.15) is 48.0 Å². The molecule has 0 aromatic carbocycles. The molecule has 0 saturated heterocycles. The number of hydrogen-bond acceptors (Lipinski definition) is 3. The van der Waals surface area contributed by atoms with Gasteiger partial charge in [-0.25, -0.2) is 0 Å². The van der Waals surface area contributed by atoms with Gasteiger partial charge in [0.25, 0.3) is 0 Å². The van der Waals surface area contributed by atoms with Crippen molar-refractivity contribution in [1.82, 2.24) is 5.32 Å². The molecule has 0 aromatic heterocycles. The van der Waals surface area contributed by atoms with Crippen molar-refractivity contribution in [2.75, 3.05) is 13.2 Å². The molecule has 0 spiro atoms. The van der Waals surface area contributed by atoms with Crippen LogP contribution in [0, 0.1) is 0 Å². The van der Waals surface area contributed by atoms with E-state index in [-0.39, 0.29) is 0 Å². The molecule has 0 aliphatic carbocycles. The Bertz CT molecular complexity index is 332. The molecule has 0 amide bonds. The fraction of sp³-hybridized carbons (Fsp3) is 0.824.